The molecule has 0 aliphatic heterocycles. The lowest BCUT2D eigenvalue weighted by Crippen LogP contribution is -2.19. The van der Waals surface area contributed by atoms with Gasteiger partial charge in [0.1, 0.15) is 0 Å². The second kappa shape index (κ2) is 2.74. The fraction of sp³-hybridized carbons (Fsp3) is 0.429. The Morgan fingerprint density at radius 1 is 1.55 bits per heavy atom. The second-order valence-corrected chi connectivity index (χ2v) is 2.61. The zero-order valence-corrected chi connectivity index (χ0v) is 6.88. The number of rotatable bonds is 1. The number of aromatic amines is 1. The van der Waals surface area contributed by atoms with Crippen LogP contribution in [0.25, 0.3) is 0 Å². The number of anilines is 1. The Balaban J connectivity index is 3.16. The maximum atomic E-state index is 11.0. The fourth-order valence-electron chi connectivity index (χ4n) is 0.676. The Kier molecular flexibility index (Phi) is 1.94. The molecule has 1 N–H and O–H groups in total. The third-order valence-electron chi connectivity index (χ3n) is 1.39. The Morgan fingerprint density at radius 3 is 2.64 bits per heavy atom. The highest BCUT2D eigenvalue weighted by Gasteiger charge is 1.98. The number of nitrogens with one attached hydrogen (secondary N) is 1. The van der Waals surface area contributed by atoms with Crippen molar-refractivity contribution in [1.29, 1.82) is 0 Å². The van der Waals surface area contributed by atoms with Gasteiger partial charge in [-0.2, -0.15) is 0 Å². The number of hydrogen-bond acceptors (Lipinski definition) is 3. The molecule has 1 aromatic heterocycles. The van der Waals surface area contributed by atoms with E-state index in [2.05, 4.69) is 9.97 Å². The molecule has 60 valence electrons. The van der Waals surface area contributed by atoms with Crippen molar-refractivity contribution in [2.75, 3.05) is 19.0 Å². The topological polar surface area (TPSA) is 49.0 Å². The molecule has 1 aromatic rings. The molecule has 0 radical (unpaired) electrons. The fourth-order valence-corrected chi connectivity index (χ4v) is 0.676. The molecule has 1 heterocycles. The maximum absolute atomic E-state index is 11.0. The third-order valence-corrected chi connectivity index (χ3v) is 1.39. The van der Waals surface area contributed by atoms with E-state index in [-0.39, 0.29) is 5.56 Å². The van der Waals surface area contributed by atoms with Crippen LogP contribution in [-0.2, 0) is 0 Å². The summed E-state index contributed by atoms with van der Waals surface area (Å²) in [5, 5.41) is 0. The molecule has 4 nitrogen and oxygen atoms in total. The molecule has 0 aromatic carbocycles. The molecule has 0 fully saturated rings. The largest absolute Gasteiger partial charge is 0.348 e. The molecule has 0 bridgehead atoms. The summed E-state index contributed by atoms with van der Waals surface area (Å²) in [5.74, 6) is 0.584. The van der Waals surface area contributed by atoms with Crippen LogP contribution in [0.5, 0.6) is 0 Å². The van der Waals surface area contributed by atoms with Crippen LogP contribution in [-0.4, -0.2) is 24.1 Å². The lowest BCUT2D eigenvalue weighted by Gasteiger charge is -2.09. The van der Waals surface area contributed by atoms with Crippen LogP contribution in [0.2, 0.25) is 0 Å². The van der Waals surface area contributed by atoms with E-state index in [4.69, 9.17) is 0 Å². The van der Waals surface area contributed by atoms with Gasteiger partial charge in [0.05, 0.1) is 0 Å². The molecule has 0 amide bonds. The number of nitrogens with zero attached hydrogens (tertiary/aromatic N) is 2. The summed E-state index contributed by atoms with van der Waals surface area (Å²) >= 11 is 0. The van der Waals surface area contributed by atoms with Crippen molar-refractivity contribution in [2.24, 2.45) is 0 Å². The van der Waals surface area contributed by atoms with Gasteiger partial charge in [0.25, 0.3) is 5.56 Å². The molecule has 4 heteroatoms. The van der Waals surface area contributed by atoms with Crippen molar-refractivity contribution in [2.45, 2.75) is 6.92 Å². The summed E-state index contributed by atoms with van der Waals surface area (Å²) in [5.41, 5.74) is 0.555. The highest BCUT2D eigenvalue weighted by molar-refractivity contribution is 5.26. The van der Waals surface area contributed by atoms with E-state index in [0.717, 1.165) is 0 Å². The van der Waals surface area contributed by atoms with Gasteiger partial charge in [0.2, 0.25) is 5.95 Å². The van der Waals surface area contributed by atoms with Gasteiger partial charge in [0.15, 0.2) is 0 Å². The lowest BCUT2D eigenvalue weighted by molar-refractivity contribution is 0.967. The van der Waals surface area contributed by atoms with E-state index in [1.54, 1.807) is 18.0 Å². The Hall–Kier alpha value is -1.32. The van der Waals surface area contributed by atoms with Crippen LogP contribution in [0.15, 0.2) is 11.0 Å². The predicted molar refractivity (Wildman–Crippen MR) is 43.9 cm³/mol. The molecular weight excluding hydrogens is 142 g/mol. The number of hydrogen-bond donors (Lipinski definition) is 1. The first-order valence-electron chi connectivity index (χ1n) is 3.34. The average Bonchev–Trinajstić information content (AvgIpc) is 1.94. The summed E-state index contributed by atoms with van der Waals surface area (Å²) < 4.78 is 0. The average molecular weight is 153 g/mol. The molecular formula is C7H11N3O. The SMILES string of the molecule is Cc1cnc(N(C)C)[nH]c1=O. The third kappa shape index (κ3) is 1.58. The quantitative estimate of drug-likeness (QED) is 0.624. The summed E-state index contributed by atoms with van der Waals surface area (Å²) in [7, 11) is 3.65. The zero-order chi connectivity index (χ0) is 8.43. The van der Waals surface area contributed by atoms with E-state index in [1.165, 1.54) is 0 Å². The molecule has 1 rings (SSSR count). The van der Waals surface area contributed by atoms with E-state index in [1.807, 2.05) is 14.1 Å². The van der Waals surface area contributed by atoms with Crippen LogP contribution < -0.4 is 10.5 Å². The Morgan fingerprint density at radius 2 is 2.18 bits per heavy atom. The second-order valence-electron chi connectivity index (χ2n) is 2.61. The van der Waals surface area contributed by atoms with Crippen molar-refractivity contribution in [3.63, 3.8) is 0 Å². The molecule has 0 saturated carbocycles. The van der Waals surface area contributed by atoms with Gasteiger partial charge in [-0.1, -0.05) is 0 Å². The zero-order valence-electron chi connectivity index (χ0n) is 6.88. The summed E-state index contributed by atoms with van der Waals surface area (Å²) in [4.78, 5) is 19.4. The number of aryl methyl sites for hydroxylation is 1. The van der Waals surface area contributed by atoms with Gasteiger partial charge in [-0.25, -0.2) is 4.98 Å². The minimum atomic E-state index is -0.0799. The predicted octanol–water partition coefficient (Wildman–Crippen LogP) is 0.144. The minimum Gasteiger partial charge on any atom is -0.348 e. The number of aromatic nitrogens is 2. The Bertz CT molecular complexity index is 303. The van der Waals surface area contributed by atoms with Gasteiger partial charge >= 0.3 is 0 Å². The van der Waals surface area contributed by atoms with Crippen LogP contribution in [0.1, 0.15) is 5.56 Å². The van der Waals surface area contributed by atoms with Crippen molar-refractivity contribution in [3.05, 3.63) is 22.1 Å². The molecule has 0 spiro atoms. The van der Waals surface area contributed by atoms with Crippen molar-refractivity contribution in [3.8, 4) is 0 Å². The van der Waals surface area contributed by atoms with E-state index < -0.39 is 0 Å². The monoisotopic (exact) mass is 153 g/mol. The standard InChI is InChI=1S/C7H11N3O/c1-5-4-8-7(10(2)3)9-6(5)11/h4H,1-3H3,(H,8,9,11). The summed E-state index contributed by atoms with van der Waals surface area (Å²) in [6.45, 7) is 1.73. The van der Waals surface area contributed by atoms with Crippen molar-refractivity contribution in [1.82, 2.24) is 9.97 Å². The molecule has 0 unspecified atom stereocenters. The van der Waals surface area contributed by atoms with Crippen LogP contribution in [0.4, 0.5) is 5.95 Å². The van der Waals surface area contributed by atoms with Crippen molar-refractivity contribution < 1.29 is 0 Å². The smallest absolute Gasteiger partial charge is 0.255 e. The first-order valence-corrected chi connectivity index (χ1v) is 3.34. The van der Waals surface area contributed by atoms with Gasteiger partial charge in [-0.3, -0.25) is 9.78 Å². The molecule has 0 saturated heterocycles. The first kappa shape index (κ1) is 7.78. The molecule has 11 heavy (non-hydrogen) atoms. The van der Waals surface area contributed by atoms with Gasteiger partial charge < -0.3 is 4.90 Å². The lowest BCUT2D eigenvalue weighted by atomic mass is 10.4. The number of H-pyrrole nitrogens is 1. The summed E-state index contributed by atoms with van der Waals surface area (Å²) in [6.07, 6.45) is 1.56. The van der Waals surface area contributed by atoms with E-state index in [9.17, 15) is 4.79 Å². The van der Waals surface area contributed by atoms with Gasteiger partial charge in [-0.15, -0.1) is 0 Å². The molecule has 0 aliphatic carbocycles. The highest BCUT2D eigenvalue weighted by Crippen LogP contribution is 1.96. The van der Waals surface area contributed by atoms with Crippen LogP contribution in [0.3, 0.4) is 0 Å². The van der Waals surface area contributed by atoms with Gasteiger partial charge in [-0.05, 0) is 6.92 Å². The van der Waals surface area contributed by atoms with Crippen LogP contribution >= 0.6 is 0 Å². The molecule has 0 atom stereocenters. The summed E-state index contributed by atoms with van der Waals surface area (Å²) in [6, 6.07) is 0. The van der Waals surface area contributed by atoms with Gasteiger partial charge in [0, 0.05) is 25.9 Å². The maximum Gasteiger partial charge on any atom is 0.255 e. The highest BCUT2D eigenvalue weighted by atomic mass is 16.1. The Labute approximate surface area is 64.9 Å². The van der Waals surface area contributed by atoms with E-state index >= 15 is 0 Å². The minimum absolute atomic E-state index is 0.0799. The van der Waals surface area contributed by atoms with Crippen molar-refractivity contribution >= 4 is 5.95 Å². The molecule has 0 aliphatic rings. The van der Waals surface area contributed by atoms with Crippen LogP contribution in [0, 0.1) is 6.92 Å². The first-order chi connectivity index (χ1) is 5.11. The normalized spacial score (nSPS) is 9.73. The van der Waals surface area contributed by atoms with E-state index in [0.29, 0.717) is 11.5 Å².